The van der Waals surface area contributed by atoms with E-state index in [0.717, 1.165) is 30.3 Å². The molecule has 23 heavy (non-hydrogen) atoms. The van der Waals surface area contributed by atoms with E-state index in [1.165, 1.54) is 12.1 Å². The maximum atomic E-state index is 13.0. The molecule has 2 rings (SSSR count). The van der Waals surface area contributed by atoms with Gasteiger partial charge in [0.15, 0.2) is 0 Å². The van der Waals surface area contributed by atoms with Gasteiger partial charge in [0.1, 0.15) is 4.90 Å². The third kappa shape index (κ3) is 3.38. The lowest BCUT2D eigenvalue weighted by Crippen LogP contribution is -2.19. The number of nitrogens with two attached hydrogens (primary N) is 1. The Bertz CT molecular complexity index is 951. The molecule has 2 aromatic rings. The molecule has 124 valence electrons. The summed E-state index contributed by atoms with van der Waals surface area (Å²) < 4.78 is 87.2. The molecule has 0 radical (unpaired) electrons. The minimum Gasteiger partial charge on any atom is -0.225 e. The molecule has 0 fully saturated rings. The molecule has 0 amide bonds. The number of hydrogen-bond donors (Lipinski definition) is 1. The first-order chi connectivity index (χ1) is 10.5. The summed E-state index contributed by atoms with van der Waals surface area (Å²) in [6, 6.07) is 7.73. The van der Waals surface area contributed by atoms with Crippen LogP contribution in [0.5, 0.6) is 0 Å². The number of alkyl halides is 3. The summed E-state index contributed by atoms with van der Waals surface area (Å²) >= 11 is 0. The van der Waals surface area contributed by atoms with Crippen LogP contribution in [0.3, 0.4) is 0 Å². The fraction of sp³-hybridized carbons (Fsp3) is 0.0769. The molecule has 10 heteroatoms. The number of primary sulfonamides is 1. The van der Waals surface area contributed by atoms with Crippen LogP contribution in [0, 0.1) is 0 Å². The van der Waals surface area contributed by atoms with Crippen LogP contribution < -0.4 is 5.14 Å². The zero-order chi connectivity index (χ0) is 17.5. The van der Waals surface area contributed by atoms with E-state index in [-0.39, 0.29) is 0 Å². The Hall–Kier alpha value is -1.91. The first-order valence-corrected chi connectivity index (χ1v) is 9.02. The number of hydrogen-bond acceptors (Lipinski definition) is 4. The van der Waals surface area contributed by atoms with E-state index in [2.05, 4.69) is 0 Å². The molecule has 2 aromatic carbocycles. The summed E-state index contributed by atoms with van der Waals surface area (Å²) in [5.74, 6) is 0. The van der Waals surface area contributed by atoms with Crippen molar-refractivity contribution in [2.75, 3.05) is 0 Å². The Kier molecular flexibility index (Phi) is 4.26. The van der Waals surface area contributed by atoms with Crippen molar-refractivity contribution >= 4 is 19.9 Å². The fourth-order valence-corrected chi connectivity index (χ4v) is 4.81. The van der Waals surface area contributed by atoms with Crippen LogP contribution in [0.25, 0.3) is 0 Å². The Labute approximate surface area is 130 Å². The minimum absolute atomic E-state index is 0.604. The smallest absolute Gasteiger partial charge is 0.225 e. The highest BCUT2D eigenvalue weighted by Crippen LogP contribution is 2.37. The Morgan fingerprint density at radius 3 is 1.65 bits per heavy atom. The molecule has 2 N–H and O–H groups in total. The minimum atomic E-state index is -4.92. The Balaban J connectivity index is 2.82. The molecule has 0 heterocycles. The van der Waals surface area contributed by atoms with Gasteiger partial charge in [0.25, 0.3) is 0 Å². The van der Waals surface area contributed by atoms with E-state index in [9.17, 15) is 30.0 Å². The molecule has 0 aliphatic heterocycles. The summed E-state index contributed by atoms with van der Waals surface area (Å²) in [5.41, 5.74) is -1.38. The van der Waals surface area contributed by atoms with Crippen LogP contribution in [0.2, 0.25) is 0 Å². The van der Waals surface area contributed by atoms with Gasteiger partial charge < -0.3 is 0 Å². The van der Waals surface area contributed by atoms with Gasteiger partial charge in [-0.2, -0.15) is 13.2 Å². The SMILES string of the molecule is NS(=O)(=O)c1ccccc1S(=O)(=O)c1ccccc1C(F)(F)F. The fourth-order valence-electron chi connectivity index (χ4n) is 1.96. The van der Waals surface area contributed by atoms with Gasteiger partial charge in [0.05, 0.1) is 15.4 Å². The van der Waals surface area contributed by atoms with E-state index < -0.39 is 46.3 Å². The standard InChI is InChI=1S/C13H10F3NO4S2/c14-13(15,16)9-5-1-2-6-10(9)22(18,19)11-7-3-4-8-12(11)23(17,20)21/h1-8H,(H2,17,20,21). The van der Waals surface area contributed by atoms with Crippen molar-refractivity contribution in [3.05, 3.63) is 54.1 Å². The van der Waals surface area contributed by atoms with Gasteiger partial charge in [-0.15, -0.1) is 0 Å². The number of halogens is 3. The van der Waals surface area contributed by atoms with Crippen LogP contribution in [-0.2, 0) is 26.0 Å². The normalized spacial score (nSPS) is 13.0. The number of rotatable bonds is 3. The zero-order valence-electron chi connectivity index (χ0n) is 11.3. The first-order valence-electron chi connectivity index (χ1n) is 5.99. The molecular formula is C13H10F3NO4S2. The second-order valence-electron chi connectivity index (χ2n) is 4.49. The summed E-state index contributed by atoms with van der Waals surface area (Å²) in [4.78, 5) is -2.61. The van der Waals surface area contributed by atoms with Crippen molar-refractivity contribution in [1.82, 2.24) is 0 Å². The third-order valence-corrected chi connectivity index (χ3v) is 5.90. The van der Waals surface area contributed by atoms with Crippen LogP contribution in [0.1, 0.15) is 5.56 Å². The number of sulfonamides is 1. The molecule has 0 aromatic heterocycles. The quantitative estimate of drug-likeness (QED) is 0.902. The molecule has 0 bridgehead atoms. The van der Waals surface area contributed by atoms with Crippen LogP contribution in [0.4, 0.5) is 13.2 Å². The molecule has 0 aliphatic rings. The highest BCUT2D eigenvalue weighted by molar-refractivity contribution is 7.93. The van der Waals surface area contributed by atoms with E-state index in [1.54, 1.807) is 0 Å². The van der Waals surface area contributed by atoms with Crippen molar-refractivity contribution in [3.63, 3.8) is 0 Å². The predicted octanol–water partition coefficient (Wildman–Crippen LogP) is 2.19. The lowest BCUT2D eigenvalue weighted by atomic mass is 10.2. The van der Waals surface area contributed by atoms with Gasteiger partial charge >= 0.3 is 6.18 Å². The van der Waals surface area contributed by atoms with E-state index in [4.69, 9.17) is 5.14 Å². The predicted molar refractivity (Wildman–Crippen MR) is 74.7 cm³/mol. The van der Waals surface area contributed by atoms with Crippen LogP contribution in [0.15, 0.2) is 63.2 Å². The average Bonchev–Trinajstić information content (AvgIpc) is 2.45. The Morgan fingerprint density at radius 2 is 1.17 bits per heavy atom. The van der Waals surface area contributed by atoms with Crippen molar-refractivity contribution in [2.24, 2.45) is 5.14 Å². The van der Waals surface area contributed by atoms with Crippen molar-refractivity contribution in [1.29, 1.82) is 0 Å². The van der Waals surface area contributed by atoms with Gasteiger partial charge in [-0.05, 0) is 24.3 Å². The summed E-state index contributed by atoms with van der Waals surface area (Å²) in [5, 5.41) is 4.94. The van der Waals surface area contributed by atoms with Gasteiger partial charge in [-0.25, -0.2) is 22.0 Å². The molecule has 0 spiro atoms. The maximum Gasteiger partial charge on any atom is 0.417 e. The van der Waals surface area contributed by atoms with Crippen LogP contribution in [-0.4, -0.2) is 16.8 Å². The van der Waals surface area contributed by atoms with E-state index >= 15 is 0 Å². The monoisotopic (exact) mass is 365 g/mol. The second-order valence-corrected chi connectivity index (χ2v) is 7.91. The largest absolute Gasteiger partial charge is 0.417 e. The third-order valence-electron chi connectivity index (χ3n) is 2.93. The summed E-state index contributed by atoms with van der Waals surface area (Å²) in [6.45, 7) is 0. The first kappa shape index (κ1) is 17.4. The molecule has 0 saturated carbocycles. The van der Waals surface area contributed by atoms with Gasteiger partial charge in [0.2, 0.25) is 19.9 Å². The molecule has 0 saturated heterocycles. The summed E-state index contributed by atoms with van der Waals surface area (Å²) in [7, 11) is -9.18. The van der Waals surface area contributed by atoms with Gasteiger partial charge in [-0.3, -0.25) is 0 Å². The lowest BCUT2D eigenvalue weighted by Gasteiger charge is -2.14. The molecule has 0 aliphatic carbocycles. The zero-order valence-corrected chi connectivity index (χ0v) is 12.9. The molecule has 0 unspecified atom stereocenters. The van der Waals surface area contributed by atoms with Crippen molar-refractivity contribution in [3.8, 4) is 0 Å². The second kappa shape index (κ2) is 5.62. The van der Waals surface area contributed by atoms with Crippen LogP contribution >= 0.6 is 0 Å². The van der Waals surface area contributed by atoms with E-state index in [1.807, 2.05) is 0 Å². The van der Waals surface area contributed by atoms with E-state index in [0.29, 0.717) is 6.07 Å². The van der Waals surface area contributed by atoms with Crippen molar-refractivity contribution < 1.29 is 30.0 Å². The highest BCUT2D eigenvalue weighted by atomic mass is 32.2. The van der Waals surface area contributed by atoms with Gasteiger partial charge in [-0.1, -0.05) is 24.3 Å². The highest BCUT2D eigenvalue weighted by Gasteiger charge is 2.38. The number of sulfone groups is 1. The van der Waals surface area contributed by atoms with Crippen molar-refractivity contribution in [2.45, 2.75) is 20.9 Å². The lowest BCUT2D eigenvalue weighted by molar-refractivity contribution is -0.139. The maximum absolute atomic E-state index is 13.0. The summed E-state index contributed by atoms with van der Waals surface area (Å²) in [6.07, 6.45) is -4.92. The topological polar surface area (TPSA) is 94.3 Å². The molecule has 5 nitrogen and oxygen atoms in total. The average molecular weight is 365 g/mol. The van der Waals surface area contributed by atoms with Gasteiger partial charge in [0, 0.05) is 0 Å². The Morgan fingerprint density at radius 1 is 0.739 bits per heavy atom. The number of benzene rings is 2. The molecular weight excluding hydrogens is 355 g/mol. The molecule has 0 atom stereocenters.